The molecule has 3 rings (SSSR count). The van der Waals surface area contributed by atoms with Crippen LogP contribution >= 0.6 is 11.3 Å². The van der Waals surface area contributed by atoms with Crippen molar-refractivity contribution in [1.82, 2.24) is 9.88 Å². The van der Waals surface area contributed by atoms with E-state index in [1.165, 1.54) is 7.11 Å². The molecule has 0 radical (unpaired) electrons. The molecule has 0 aliphatic heterocycles. The highest BCUT2D eigenvalue weighted by atomic mass is 32.1. The molecule has 1 heterocycles. The maximum absolute atomic E-state index is 13.8. The van der Waals surface area contributed by atoms with Gasteiger partial charge in [-0.2, -0.15) is 0 Å². The van der Waals surface area contributed by atoms with E-state index >= 15 is 0 Å². The molecule has 2 unspecified atom stereocenters. The SMILES string of the molecule is CCN(CC(C)C(=O)OC)C(=O)C(C)(Cc1nc2ccccc2s1)c1ccccc1. The van der Waals surface area contributed by atoms with Crippen molar-refractivity contribution in [3.63, 3.8) is 0 Å². The van der Waals surface area contributed by atoms with Crippen LogP contribution in [-0.4, -0.2) is 42.0 Å². The normalized spacial score (nSPS) is 14.1. The molecule has 2 atom stereocenters. The smallest absolute Gasteiger partial charge is 0.310 e. The fraction of sp³-hybridized carbons (Fsp3) is 0.375. The van der Waals surface area contributed by atoms with Crippen LogP contribution in [0.5, 0.6) is 0 Å². The molecule has 0 saturated carbocycles. The Bertz CT molecular complexity index is 984. The fourth-order valence-electron chi connectivity index (χ4n) is 3.72. The second-order valence-corrected chi connectivity index (χ2v) is 8.83. The third kappa shape index (κ3) is 4.54. The van der Waals surface area contributed by atoms with Gasteiger partial charge in [-0.25, -0.2) is 4.98 Å². The van der Waals surface area contributed by atoms with Gasteiger partial charge in [0.25, 0.3) is 0 Å². The van der Waals surface area contributed by atoms with E-state index in [0.29, 0.717) is 19.5 Å². The molecule has 2 aromatic carbocycles. The average Bonchev–Trinajstić information content (AvgIpc) is 3.18. The first-order chi connectivity index (χ1) is 14.4. The molecule has 3 aromatic rings. The van der Waals surface area contributed by atoms with E-state index in [1.54, 1.807) is 23.2 Å². The summed E-state index contributed by atoms with van der Waals surface area (Å²) in [6, 6.07) is 17.8. The zero-order valence-corrected chi connectivity index (χ0v) is 18.7. The third-order valence-electron chi connectivity index (χ3n) is 5.49. The molecule has 158 valence electrons. The van der Waals surface area contributed by atoms with Crippen LogP contribution in [0.25, 0.3) is 10.2 Å². The van der Waals surface area contributed by atoms with Crippen molar-refractivity contribution in [2.45, 2.75) is 32.6 Å². The molecular formula is C24H28N2O3S. The van der Waals surface area contributed by atoms with E-state index in [2.05, 4.69) is 6.07 Å². The average molecular weight is 425 g/mol. The second-order valence-electron chi connectivity index (χ2n) is 7.72. The zero-order chi connectivity index (χ0) is 21.7. The number of fused-ring (bicyclic) bond motifs is 1. The molecule has 1 amide bonds. The number of methoxy groups -OCH3 is 1. The number of esters is 1. The maximum atomic E-state index is 13.8. The minimum absolute atomic E-state index is 0.00814. The quantitative estimate of drug-likeness (QED) is 0.501. The summed E-state index contributed by atoms with van der Waals surface area (Å²) in [5.74, 6) is -0.707. The van der Waals surface area contributed by atoms with Gasteiger partial charge in [0, 0.05) is 19.5 Å². The molecule has 30 heavy (non-hydrogen) atoms. The largest absolute Gasteiger partial charge is 0.469 e. The Balaban J connectivity index is 1.96. The summed E-state index contributed by atoms with van der Waals surface area (Å²) in [5, 5.41) is 0.924. The highest BCUT2D eigenvalue weighted by molar-refractivity contribution is 7.18. The third-order valence-corrected chi connectivity index (χ3v) is 6.53. The van der Waals surface area contributed by atoms with Gasteiger partial charge in [-0.15, -0.1) is 11.3 Å². The van der Waals surface area contributed by atoms with Crippen molar-refractivity contribution in [3.05, 3.63) is 65.2 Å². The van der Waals surface area contributed by atoms with Crippen LogP contribution in [0.15, 0.2) is 54.6 Å². The van der Waals surface area contributed by atoms with Crippen molar-refractivity contribution >= 4 is 33.4 Å². The summed E-state index contributed by atoms with van der Waals surface area (Å²) in [5.41, 5.74) is 1.10. The van der Waals surface area contributed by atoms with Gasteiger partial charge < -0.3 is 9.64 Å². The number of ether oxygens (including phenoxy) is 1. The number of benzene rings is 2. The highest BCUT2D eigenvalue weighted by Crippen LogP contribution is 2.34. The van der Waals surface area contributed by atoms with Crippen LogP contribution in [0, 0.1) is 5.92 Å². The lowest BCUT2D eigenvalue weighted by molar-refractivity contribution is -0.147. The van der Waals surface area contributed by atoms with Gasteiger partial charge in [-0.05, 0) is 31.5 Å². The van der Waals surface area contributed by atoms with Crippen LogP contribution in [0.4, 0.5) is 0 Å². The Labute approximate surface area is 181 Å². The summed E-state index contributed by atoms with van der Waals surface area (Å²) >= 11 is 1.62. The van der Waals surface area contributed by atoms with Crippen molar-refractivity contribution in [3.8, 4) is 0 Å². The Kier molecular flexibility index (Phi) is 6.87. The monoisotopic (exact) mass is 424 g/mol. The van der Waals surface area contributed by atoms with E-state index in [1.807, 2.05) is 62.4 Å². The molecule has 0 bridgehead atoms. The molecule has 0 aliphatic carbocycles. The van der Waals surface area contributed by atoms with Crippen LogP contribution in [0.1, 0.15) is 31.3 Å². The number of hydrogen-bond acceptors (Lipinski definition) is 5. The predicted octanol–water partition coefficient (Wildman–Crippen LogP) is 4.45. The Morgan fingerprint density at radius 1 is 1.13 bits per heavy atom. The molecule has 1 aromatic heterocycles. The van der Waals surface area contributed by atoms with Gasteiger partial charge >= 0.3 is 5.97 Å². The topological polar surface area (TPSA) is 59.5 Å². The number of amides is 1. The first-order valence-electron chi connectivity index (χ1n) is 10.2. The van der Waals surface area contributed by atoms with Crippen LogP contribution in [0.2, 0.25) is 0 Å². The minimum Gasteiger partial charge on any atom is -0.469 e. The number of carbonyl (C=O) groups is 2. The van der Waals surface area contributed by atoms with Crippen molar-refractivity contribution < 1.29 is 14.3 Å². The van der Waals surface area contributed by atoms with Crippen LogP contribution in [0.3, 0.4) is 0 Å². The van der Waals surface area contributed by atoms with Crippen LogP contribution < -0.4 is 0 Å². The van der Waals surface area contributed by atoms with Crippen LogP contribution in [-0.2, 0) is 26.2 Å². The molecule has 0 N–H and O–H groups in total. The van der Waals surface area contributed by atoms with Gasteiger partial charge in [0.2, 0.25) is 5.91 Å². The fourth-order valence-corrected chi connectivity index (χ4v) is 4.84. The molecule has 0 spiro atoms. The minimum atomic E-state index is -0.791. The van der Waals surface area contributed by atoms with Gasteiger partial charge in [-0.1, -0.05) is 49.4 Å². The highest BCUT2D eigenvalue weighted by Gasteiger charge is 2.39. The number of nitrogens with zero attached hydrogens (tertiary/aromatic N) is 2. The maximum Gasteiger partial charge on any atom is 0.310 e. The number of carbonyl (C=O) groups excluding carboxylic acids is 2. The summed E-state index contributed by atoms with van der Waals surface area (Å²) in [7, 11) is 1.37. The van der Waals surface area contributed by atoms with E-state index in [0.717, 1.165) is 20.8 Å². The lowest BCUT2D eigenvalue weighted by Gasteiger charge is -2.35. The van der Waals surface area contributed by atoms with Crippen molar-refractivity contribution in [2.75, 3.05) is 20.2 Å². The zero-order valence-electron chi connectivity index (χ0n) is 17.9. The van der Waals surface area contributed by atoms with Crippen molar-refractivity contribution in [1.29, 1.82) is 0 Å². The Morgan fingerprint density at radius 2 is 1.80 bits per heavy atom. The Morgan fingerprint density at radius 3 is 2.43 bits per heavy atom. The van der Waals surface area contributed by atoms with E-state index in [-0.39, 0.29) is 17.8 Å². The van der Waals surface area contributed by atoms with Gasteiger partial charge in [0.05, 0.1) is 33.7 Å². The lowest BCUT2D eigenvalue weighted by Crippen LogP contribution is -2.48. The molecular weight excluding hydrogens is 396 g/mol. The summed E-state index contributed by atoms with van der Waals surface area (Å²) < 4.78 is 5.96. The van der Waals surface area contributed by atoms with E-state index < -0.39 is 5.41 Å². The number of likely N-dealkylation sites (N-methyl/N-ethyl adjacent to an activating group) is 1. The van der Waals surface area contributed by atoms with Crippen molar-refractivity contribution in [2.24, 2.45) is 5.92 Å². The number of para-hydroxylation sites is 1. The van der Waals surface area contributed by atoms with Gasteiger partial charge in [-0.3, -0.25) is 9.59 Å². The molecule has 0 aliphatic rings. The molecule has 5 nitrogen and oxygen atoms in total. The predicted molar refractivity (Wildman–Crippen MR) is 121 cm³/mol. The molecule has 0 fully saturated rings. The molecule has 0 saturated heterocycles. The standard InChI is InChI=1S/C24H28N2O3S/c1-5-26(16-17(2)22(27)29-4)23(28)24(3,18-11-7-6-8-12-18)15-21-25-19-13-9-10-14-20(19)30-21/h6-14,17H,5,15-16H2,1-4H3. The number of hydrogen-bond donors (Lipinski definition) is 0. The summed E-state index contributed by atoms with van der Waals surface area (Å²) in [6.07, 6.45) is 0.498. The summed E-state index contributed by atoms with van der Waals surface area (Å²) in [4.78, 5) is 32.3. The van der Waals surface area contributed by atoms with E-state index in [4.69, 9.17) is 9.72 Å². The first-order valence-corrected chi connectivity index (χ1v) is 11.0. The van der Waals surface area contributed by atoms with E-state index in [9.17, 15) is 9.59 Å². The number of thiazole rings is 1. The Hall–Kier alpha value is -2.73. The number of rotatable bonds is 8. The van der Waals surface area contributed by atoms with Gasteiger partial charge in [0.15, 0.2) is 0 Å². The first kappa shape index (κ1) is 22.0. The number of aromatic nitrogens is 1. The van der Waals surface area contributed by atoms with Gasteiger partial charge in [0.1, 0.15) is 0 Å². The second kappa shape index (κ2) is 9.39. The molecule has 6 heteroatoms. The summed E-state index contributed by atoms with van der Waals surface area (Å²) in [6.45, 7) is 6.54. The lowest BCUT2D eigenvalue weighted by atomic mass is 9.78.